The minimum Gasteiger partial charge on any atom is -0.496 e. The van der Waals surface area contributed by atoms with Gasteiger partial charge >= 0.3 is 12.4 Å². The normalized spacial score (nSPS) is 18.0. The predicted molar refractivity (Wildman–Crippen MR) is 80.8 cm³/mol. The zero-order valence-electron chi connectivity index (χ0n) is 14.0. The van der Waals surface area contributed by atoms with Crippen molar-refractivity contribution in [3.63, 3.8) is 0 Å². The molecule has 1 N–H and O–H groups in total. The van der Waals surface area contributed by atoms with Gasteiger partial charge in [-0.05, 0) is 18.6 Å². The molecule has 0 spiro atoms. The van der Waals surface area contributed by atoms with E-state index < -0.39 is 47.5 Å². The Morgan fingerprint density at radius 1 is 1.08 bits per heavy atom. The van der Waals surface area contributed by atoms with Crippen LogP contribution in [0.5, 0.6) is 5.75 Å². The maximum absolute atomic E-state index is 13.6. The van der Waals surface area contributed by atoms with Gasteiger partial charge in [0.1, 0.15) is 5.75 Å². The van der Waals surface area contributed by atoms with E-state index in [1.165, 1.54) is 0 Å². The summed E-state index contributed by atoms with van der Waals surface area (Å²) in [5.74, 6) is -0.538. The highest BCUT2D eigenvalue weighted by molar-refractivity contribution is 5.48. The van der Waals surface area contributed by atoms with Crippen LogP contribution in [-0.2, 0) is 12.4 Å². The van der Waals surface area contributed by atoms with Crippen molar-refractivity contribution in [1.29, 1.82) is 0 Å². The lowest BCUT2D eigenvalue weighted by Crippen LogP contribution is -2.45. The number of nitrogens with zero attached hydrogens (tertiary/aromatic N) is 1. The Balaban J connectivity index is 2.66. The molecule has 0 radical (unpaired) electrons. The Kier molecular flexibility index (Phi) is 6.38. The molecule has 0 amide bonds. The summed E-state index contributed by atoms with van der Waals surface area (Å²) in [7, 11) is 1.00. The molecule has 2 rings (SSSR count). The second kappa shape index (κ2) is 7.99. The summed E-state index contributed by atoms with van der Waals surface area (Å²) >= 11 is 0. The van der Waals surface area contributed by atoms with Crippen molar-refractivity contribution < 1.29 is 35.5 Å². The molecule has 0 aromatic heterocycles. The second-order valence-electron chi connectivity index (χ2n) is 5.91. The van der Waals surface area contributed by atoms with Crippen molar-refractivity contribution in [2.75, 3.05) is 40.0 Å². The van der Waals surface area contributed by atoms with E-state index in [1.807, 2.05) is 0 Å². The third kappa shape index (κ3) is 4.59. The Morgan fingerprint density at radius 3 is 2.15 bits per heavy atom. The Bertz CT molecular complexity index is 610. The van der Waals surface area contributed by atoms with Gasteiger partial charge in [0.15, 0.2) is 0 Å². The third-order valence-corrected chi connectivity index (χ3v) is 4.30. The van der Waals surface area contributed by atoms with Gasteiger partial charge in [0, 0.05) is 37.8 Å². The molecule has 0 bridgehead atoms. The first-order valence-corrected chi connectivity index (χ1v) is 7.96. The fraction of sp³-hybridized carbons (Fsp3) is 0.625. The molecule has 1 saturated heterocycles. The zero-order chi connectivity index (χ0) is 19.5. The molecule has 1 aliphatic heterocycles. The number of halogens is 7. The van der Waals surface area contributed by atoms with Gasteiger partial charge in [-0.1, -0.05) is 0 Å². The van der Waals surface area contributed by atoms with Crippen LogP contribution in [0.15, 0.2) is 12.1 Å². The van der Waals surface area contributed by atoms with Crippen molar-refractivity contribution in [2.24, 2.45) is 0 Å². The van der Waals surface area contributed by atoms with E-state index in [0.717, 1.165) is 7.11 Å². The first-order valence-electron chi connectivity index (χ1n) is 7.96. The topological polar surface area (TPSA) is 24.5 Å². The van der Waals surface area contributed by atoms with Crippen LogP contribution in [-0.4, -0.2) is 44.9 Å². The summed E-state index contributed by atoms with van der Waals surface area (Å²) in [6.07, 6.45) is -10.3. The molecule has 1 fully saturated rings. The average molecular weight is 388 g/mol. The van der Waals surface area contributed by atoms with Gasteiger partial charge in [-0.15, -0.1) is 0 Å². The first kappa shape index (κ1) is 20.8. The van der Waals surface area contributed by atoms with Crippen molar-refractivity contribution in [1.82, 2.24) is 10.2 Å². The number of ether oxygens (including phenoxy) is 1. The number of hydrogen-bond donors (Lipinski definition) is 1. The van der Waals surface area contributed by atoms with Crippen LogP contribution >= 0.6 is 0 Å². The lowest BCUT2D eigenvalue weighted by molar-refractivity contribution is -0.144. The van der Waals surface area contributed by atoms with Gasteiger partial charge in [-0.3, -0.25) is 9.29 Å². The Hall–Kier alpha value is -1.55. The SMILES string of the molecule is COc1cc(C(F)(F)F)cc(C(F)(F)F)c1[C@@H](CCF)N1CCNCC1. The number of methoxy groups -OCH3 is 1. The van der Waals surface area contributed by atoms with Crippen molar-refractivity contribution in [3.05, 3.63) is 28.8 Å². The molecule has 1 heterocycles. The molecular formula is C16H19F7N2O. The number of hydrogen-bond acceptors (Lipinski definition) is 3. The minimum absolute atomic E-state index is 0.0747. The fourth-order valence-corrected chi connectivity index (χ4v) is 3.14. The third-order valence-electron chi connectivity index (χ3n) is 4.30. The second-order valence-corrected chi connectivity index (χ2v) is 5.91. The zero-order valence-corrected chi connectivity index (χ0v) is 14.0. The molecule has 1 aliphatic rings. The van der Waals surface area contributed by atoms with E-state index in [1.54, 1.807) is 4.90 Å². The van der Waals surface area contributed by atoms with Crippen molar-refractivity contribution in [2.45, 2.75) is 24.8 Å². The molecule has 26 heavy (non-hydrogen) atoms. The van der Waals surface area contributed by atoms with Gasteiger partial charge in [-0.25, -0.2) is 0 Å². The monoisotopic (exact) mass is 388 g/mol. The maximum Gasteiger partial charge on any atom is 0.416 e. The summed E-state index contributed by atoms with van der Waals surface area (Å²) in [5.41, 5.74) is -3.35. The standard InChI is InChI=1S/C16H19F7N2O/c1-26-13-9-10(15(18,19)20)8-11(16(21,22)23)14(13)12(2-3-17)25-6-4-24-5-7-25/h8-9,12,24H,2-7H2,1H3/t12-/m1/s1. The maximum atomic E-state index is 13.6. The average Bonchev–Trinajstić information content (AvgIpc) is 2.57. The molecule has 0 unspecified atom stereocenters. The Labute approximate surface area is 146 Å². The molecule has 1 aromatic rings. The quantitative estimate of drug-likeness (QED) is 0.771. The van der Waals surface area contributed by atoms with Gasteiger partial charge in [-0.2, -0.15) is 26.3 Å². The number of benzene rings is 1. The largest absolute Gasteiger partial charge is 0.496 e. The molecule has 1 atom stereocenters. The van der Waals surface area contributed by atoms with Crippen LogP contribution in [0.4, 0.5) is 30.7 Å². The van der Waals surface area contributed by atoms with Gasteiger partial charge in [0.25, 0.3) is 0 Å². The van der Waals surface area contributed by atoms with Gasteiger partial charge < -0.3 is 10.1 Å². The minimum atomic E-state index is -5.04. The summed E-state index contributed by atoms with van der Waals surface area (Å²) in [4.78, 5) is 1.64. The van der Waals surface area contributed by atoms with Crippen molar-refractivity contribution in [3.8, 4) is 5.75 Å². The van der Waals surface area contributed by atoms with Crippen molar-refractivity contribution >= 4 is 0 Å². The molecule has 0 aliphatic carbocycles. The molecule has 0 saturated carbocycles. The highest BCUT2D eigenvalue weighted by atomic mass is 19.4. The van der Waals surface area contributed by atoms with Crippen LogP contribution in [0.2, 0.25) is 0 Å². The van der Waals surface area contributed by atoms with Crippen LogP contribution in [0.3, 0.4) is 0 Å². The van der Waals surface area contributed by atoms with Crippen LogP contribution in [0, 0.1) is 0 Å². The lowest BCUT2D eigenvalue weighted by Gasteiger charge is -2.36. The van der Waals surface area contributed by atoms with E-state index in [2.05, 4.69) is 5.32 Å². The molecule has 148 valence electrons. The summed E-state index contributed by atoms with van der Waals surface area (Å²) in [6.45, 7) is 0.786. The van der Waals surface area contributed by atoms with E-state index in [-0.39, 0.29) is 12.5 Å². The number of piperazine rings is 1. The summed E-state index contributed by atoms with van der Waals surface area (Å²) in [5, 5.41) is 3.03. The highest BCUT2D eigenvalue weighted by Crippen LogP contribution is 2.45. The van der Waals surface area contributed by atoms with E-state index >= 15 is 0 Å². The fourth-order valence-electron chi connectivity index (χ4n) is 3.14. The summed E-state index contributed by atoms with van der Waals surface area (Å²) < 4.78 is 97.6. The van der Waals surface area contributed by atoms with Gasteiger partial charge in [0.05, 0.1) is 24.9 Å². The predicted octanol–water partition coefficient (Wildman–Crippen LogP) is 4.04. The Morgan fingerprint density at radius 2 is 1.69 bits per heavy atom. The first-order chi connectivity index (χ1) is 12.1. The number of nitrogens with one attached hydrogen (secondary N) is 1. The number of alkyl halides is 7. The van der Waals surface area contributed by atoms with E-state index in [4.69, 9.17) is 4.74 Å². The number of rotatable bonds is 5. The van der Waals surface area contributed by atoms with E-state index in [0.29, 0.717) is 32.2 Å². The molecular weight excluding hydrogens is 369 g/mol. The smallest absolute Gasteiger partial charge is 0.416 e. The van der Waals surface area contributed by atoms with Crippen LogP contribution in [0.1, 0.15) is 29.2 Å². The molecule has 10 heteroatoms. The summed E-state index contributed by atoms with van der Waals surface area (Å²) in [6, 6.07) is -0.417. The molecule has 1 aromatic carbocycles. The highest BCUT2D eigenvalue weighted by Gasteiger charge is 2.42. The van der Waals surface area contributed by atoms with Crippen LogP contribution in [0.25, 0.3) is 0 Å². The van der Waals surface area contributed by atoms with E-state index in [9.17, 15) is 30.7 Å². The lowest BCUT2D eigenvalue weighted by atomic mass is 9.92. The van der Waals surface area contributed by atoms with Gasteiger partial charge in [0.2, 0.25) is 0 Å². The van der Waals surface area contributed by atoms with Crippen LogP contribution < -0.4 is 10.1 Å². The molecule has 3 nitrogen and oxygen atoms in total.